The SMILES string of the molecule is CN=C(NCc1ccccc1CN(C)C(C)C)NC1CCN(CC(F)(F)F)C1. The van der Waals surface area contributed by atoms with Crippen LogP contribution in [0.1, 0.15) is 31.4 Å². The van der Waals surface area contributed by atoms with Gasteiger partial charge in [-0.2, -0.15) is 13.2 Å². The fraction of sp³-hybridized carbons (Fsp3) is 0.650. The highest BCUT2D eigenvalue weighted by Crippen LogP contribution is 2.20. The number of nitrogens with one attached hydrogen (secondary N) is 2. The summed E-state index contributed by atoms with van der Waals surface area (Å²) in [5, 5.41) is 6.55. The molecule has 0 bridgehead atoms. The molecule has 2 rings (SSSR count). The molecule has 1 aliphatic rings. The van der Waals surface area contributed by atoms with Gasteiger partial charge in [0.1, 0.15) is 0 Å². The Morgan fingerprint density at radius 1 is 1.29 bits per heavy atom. The molecule has 0 amide bonds. The molecular weight excluding hydrogens is 367 g/mol. The van der Waals surface area contributed by atoms with Gasteiger partial charge in [-0.1, -0.05) is 24.3 Å². The highest BCUT2D eigenvalue weighted by atomic mass is 19.4. The Bertz CT molecular complexity index is 645. The predicted octanol–water partition coefficient (Wildman–Crippen LogP) is 2.83. The third-order valence-electron chi connectivity index (χ3n) is 5.11. The number of hydrogen-bond donors (Lipinski definition) is 2. The summed E-state index contributed by atoms with van der Waals surface area (Å²) in [6.07, 6.45) is -3.48. The number of guanidine groups is 1. The summed E-state index contributed by atoms with van der Waals surface area (Å²) in [4.78, 5) is 7.94. The van der Waals surface area contributed by atoms with Gasteiger partial charge < -0.3 is 10.6 Å². The first-order valence-electron chi connectivity index (χ1n) is 9.71. The molecule has 0 saturated carbocycles. The lowest BCUT2D eigenvalue weighted by Crippen LogP contribution is -2.45. The van der Waals surface area contributed by atoms with Crippen LogP contribution in [-0.4, -0.2) is 67.7 Å². The Labute approximate surface area is 166 Å². The van der Waals surface area contributed by atoms with Gasteiger partial charge in [0, 0.05) is 45.3 Å². The number of alkyl halides is 3. The molecule has 0 radical (unpaired) electrons. The minimum absolute atomic E-state index is 0.0316. The van der Waals surface area contributed by atoms with Crippen LogP contribution in [0.25, 0.3) is 0 Å². The molecule has 5 nitrogen and oxygen atoms in total. The van der Waals surface area contributed by atoms with Crippen molar-refractivity contribution in [2.24, 2.45) is 4.99 Å². The molecule has 1 unspecified atom stereocenters. The maximum absolute atomic E-state index is 12.5. The van der Waals surface area contributed by atoms with E-state index in [9.17, 15) is 13.2 Å². The molecule has 0 aliphatic carbocycles. The van der Waals surface area contributed by atoms with Crippen molar-refractivity contribution in [2.45, 2.75) is 51.6 Å². The van der Waals surface area contributed by atoms with Crippen LogP contribution in [0.3, 0.4) is 0 Å². The van der Waals surface area contributed by atoms with Gasteiger partial charge in [0.2, 0.25) is 0 Å². The Hall–Kier alpha value is -1.80. The van der Waals surface area contributed by atoms with E-state index >= 15 is 0 Å². The lowest BCUT2D eigenvalue weighted by molar-refractivity contribution is -0.143. The largest absolute Gasteiger partial charge is 0.401 e. The number of aliphatic imine (C=N–C) groups is 1. The van der Waals surface area contributed by atoms with Gasteiger partial charge in [0.05, 0.1) is 6.54 Å². The van der Waals surface area contributed by atoms with E-state index in [0.29, 0.717) is 38.1 Å². The summed E-state index contributed by atoms with van der Waals surface area (Å²) >= 11 is 0. The second-order valence-electron chi connectivity index (χ2n) is 7.68. The summed E-state index contributed by atoms with van der Waals surface area (Å²) in [7, 11) is 3.78. The Morgan fingerprint density at radius 2 is 1.96 bits per heavy atom. The van der Waals surface area contributed by atoms with E-state index in [1.54, 1.807) is 7.05 Å². The standard InChI is InChI=1S/C20H32F3N5/c1-15(2)27(4)12-17-8-6-5-7-16(17)11-25-19(24-3)26-18-9-10-28(13-18)14-20(21,22)23/h5-8,15,18H,9-14H2,1-4H3,(H2,24,25,26). The van der Waals surface area contributed by atoms with Gasteiger partial charge in [-0.3, -0.25) is 14.8 Å². The van der Waals surface area contributed by atoms with E-state index in [4.69, 9.17) is 0 Å². The average molecular weight is 400 g/mol. The molecule has 28 heavy (non-hydrogen) atoms. The minimum Gasteiger partial charge on any atom is -0.352 e. The number of halogens is 3. The van der Waals surface area contributed by atoms with E-state index in [2.05, 4.69) is 53.6 Å². The van der Waals surface area contributed by atoms with E-state index in [1.807, 2.05) is 12.1 Å². The molecule has 0 spiro atoms. The first kappa shape index (κ1) is 22.5. The van der Waals surface area contributed by atoms with Crippen LogP contribution in [0.5, 0.6) is 0 Å². The van der Waals surface area contributed by atoms with E-state index in [0.717, 1.165) is 6.54 Å². The van der Waals surface area contributed by atoms with Gasteiger partial charge in [-0.15, -0.1) is 0 Å². The quantitative estimate of drug-likeness (QED) is 0.547. The van der Waals surface area contributed by atoms with Gasteiger partial charge in [0.15, 0.2) is 5.96 Å². The molecule has 1 fully saturated rings. The van der Waals surface area contributed by atoms with Crippen LogP contribution in [0.2, 0.25) is 0 Å². The van der Waals surface area contributed by atoms with E-state index in [-0.39, 0.29) is 6.04 Å². The molecule has 158 valence electrons. The van der Waals surface area contributed by atoms with Gasteiger partial charge in [0.25, 0.3) is 0 Å². The first-order valence-corrected chi connectivity index (χ1v) is 9.71. The van der Waals surface area contributed by atoms with Crippen molar-refractivity contribution in [1.29, 1.82) is 0 Å². The summed E-state index contributed by atoms with van der Waals surface area (Å²) in [5.41, 5.74) is 2.43. The van der Waals surface area contributed by atoms with Crippen molar-refractivity contribution < 1.29 is 13.2 Å². The van der Waals surface area contributed by atoms with Crippen molar-refractivity contribution in [2.75, 3.05) is 33.7 Å². The molecular formula is C20H32F3N5. The van der Waals surface area contributed by atoms with Crippen LogP contribution in [0, 0.1) is 0 Å². The highest BCUT2D eigenvalue weighted by molar-refractivity contribution is 5.80. The molecule has 1 saturated heterocycles. The molecule has 1 aliphatic heterocycles. The zero-order chi connectivity index (χ0) is 20.7. The third-order valence-corrected chi connectivity index (χ3v) is 5.11. The van der Waals surface area contributed by atoms with E-state index < -0.39 is 12.7 Å². The zero-order valence-electron chi connectivity index (χ0n) is 17.2. The van der Waals surface area contributed by atoms with Crippen molar-refractivity contribution >= 4 is 5.96 Å². The van der Waals surface area contributed by atoms with Crippen LogP contribution in [0.15, 0.2) is 29.3 Å². The van der Waals surface area contributed by atoms with Gasteiger partial charge in [-0.25, -0.2) is 0 Å². The zero-order valence-corrected chi connectivity index (χ0v) is 17.2. The van der Waals surface area contributed by atoms with Crippen molar-refractivity contribution in [3.05, 3.63) is 35.4 Å². The molecule has 0 aromatic heterocycles. The average Bonchev–Trinajstić information content (AvgIpc) is 3.04. The maximum atomic E-state index is 12.5. The number of benzene rings is 1. The van der Waals surface area contributed by atoms with Crippen LogP contribution in [-0.2, 0) is 13.1 Å². The van der Waals surface area contributed by atoms with Crippen molar-refractivity contribution in [3.8, 4) is 0 Å². The topological polar surface area (TPSA) is 42.9 Å². The van der Waals surface area contributed by atoms with Crippen molar-refractivity contribution in [3.63, 3.8) is 0 Å². The number of hydrogen-bond acceptors (Lipinski definition) is 3. The normalized spacial score (nSPS) is 18.9. The van der Waals surface area contributed by atoms with E-state index in [1.165, 1.54) is 16.0 Å². The summed E-state index contributed by atoms with van der Waals surface area (Å²) in [5.74, 6) is 0.617. The Balaban J connectivity index is 1.88. The fourth-order valence-electron chi connectivity index (χ4n) is 3.25. The highest BCUT2D eigenvalue weighted by Gasteiger charge is 2.34. The fourth-order valence-corrected chi connectivity index (χ4v) is 3.25. The van der Waals surface area contributed by atoms with Crippen LogP contribution >= 0.6 is 0 Å². The second-order valence-corrected chi connectivity index (χ2v) is 7.68. The lowest BCUT2D eigenvalue weighted by atomic mass is 10.1. The molecule has 8 heteroatoms. The monoisotopic (exact) mass is 399 g/mol. The number of nitrogens with zero attached hydrogens (tertiary/aromatic N) is 3. The van der Waals surface area contributed by atoms with Gasteiger partial charge in [-0.05, 0) is 38.4 Å². The smallest absolute Gasteiger partial charge is 0.352 e. The second kappa shape index (κ2) is 10.1. The summed E-state index contributed by atoms with van der Waals surface area (Å²) < 4.78 is 37.6. The predicted molar refractivity (Wildman–Crippen MR) is 107 cm³/mol. The summed E-state index contributed by atoms with van der Waals surface area (Å²) in [6, 6.07) is 8.68. The molecule has 1 aromatic carbocycles. The van der Waals surface area contributed by atoms with Crippen LogP contribution < -0.4 is 10.6 Å². The number of likely N-dealkylation sites (tertiary alicyclic amines) is 1. The Kier molecular flexibility index (Phi) is 8.12. The maximum Gasteiger partial charge on any atom is 0.401 e. The lowest BCUT2D eigenvalue weighted by Gasteiger charge is -2.23. The molecule has 1 heterocycles. The first-order chi connectivity index (χ1) is 13.2. The summed E-state index contributed by atoms with van der Waals surface area (Å²) in [6.45, 7) is 5.76. The van der Waals surface area contributed by atoms with Crippen LogP contribution in [0.4, 0.5) is 13.2 Å². The Morgan fingerprint density at radius 3 is 2.57 bits per heavy atom. The van der Waals surface area contributed by atoms with Crippen molar-refractivity contribution in [1.82, 2.24) is 20.4 Å². The van der Waals surface area contributed by atoms with Gasteiger partial charge >= 0.3 is 6.18 Å². The third kappa shape index (κ3) is 7.31. The molecule has 1 aromatic rings. The molecule has 2 N–H and O–H groups in total. The number of rotatable bonds is 7. The molecule has 1 atom stereocenters. The minimum atomic E-state index is -4.15.